The highest BCUT2D eigenvalue weighted by atomic mass is 35.5. The van der Waals surface area contributed by atoms with E-state index in [1.165, 1.54) is 0 Å². The molecule has 0 radical (unpaired) electrons. The lowest BCUT2D eigenvalue weighted by molar-refractivity contribution is -0.149. The lowest BCUT2D eigenvalue weighted by Gasteiger charge is -2.38. The molecule has 1 aromatic rings. The predicted molar refractivity (Wildman–Crippen MR) is 97.4 cm³/mol. The Morgan fingerprint density at radius 1 is 1.12 bits per heavy atom. The summed E-state index contributed by atoms with van der Waals surface area (Å²) in [6, 6.07) is 5.81. The molecule has 0 saturated carbocycles. The zero-order chi connectivity index (χ0) is 18.4. The fraction of sp³-hybridized carbons (Fsp3) is 0.474. The van der Waals surface area contributed by atoms with Crippen LogP contribution < -0.4 is 4.90 Å². The Hall–Kier alpha value is -2.05. The highest BCUT2D eigenvalue weighted by Gasteiger charge is 2.54. The van der Waals surface area contributed by atoms with Gasteiger partial charge in [0.05, 0.1) is 18.1 Å². The van der Waals surface area contributed by atoms with Gasteiger partial charge in [-0.25, -0.2) is 0 Å². The Balaban J connectivity index is 1.45. The van der Waals surface area contributed by atoms with Crippen LogP contribution in [0.5, 0.6) is 0 Å². The summed E-state index contributed by atoms with van der Waals surface area (Å²) in [5.41, 5.74) is 2.23. The van der Waals surface area contributed by atoms with Crippen LogP contribution in [0.25, 0.3) is 0 Å². The maximum atomic E-state index is 13.0. The van der Waals surface area contributed by atoms with Gasteiger partial charge in [0, 0.05) is 36.9 Å². The molecule has 2 saturated heterocycles. The Kier molecular flexibility index (Phi) is 4.40. The Bertz CT molecular complexity index is 773. The second-order valence-electron chi connectivity index (χ2n) is 7.08. The van der Waals surface area contributed by atoms with Crippen LogP contribution >= 0.6 is 11.6 Å². The molecule has 3 aliphatic rings. The number of carbonyl (C=O) groups excluding carboxylic acids is 1. The molecule has 0 spiro atoms. The van der Waals surface area contributed by atoms with Crippen molar-refractivity contribution >= 4 is 29.2 Å². The van der Waals surface area contributed by atoms with E-state index in [9.17, 15) is 14.7 Å². The van der Waals surface area contributed by atoms with Crippen LogP contribution in [0.15, 0.2) is 30.4 Å². The number of carboxylic acid groups (broad SMARTS) is 1. The number of aryl methyl sites for hydroxylation is 1. The van der Waals surface area contributed by atoms with E-state index < -0.39 is 30.0 Å². The van der Waals surface area contributed by atoms with Gasteiger partial charge in [-0.1, -0.05) is 29.8 Å². The van der Waals surface area contributed by atoms with Crippen LogP contribution in [0, 0.1) is 18.8 Å². The van der Waals surface area contributed by atoms with Gasteiger partial charge in [-0.2, -0.15) is 0 Å². The molecule has 3 heterocycles. The number of fused-ring (bicyclic) bond motifs is 2. The number of halogens is 1. The van der Waals surface area contributed by atoms with Gasteiger partial charge < -0.3 is 19.6 Å². The van der Waals surface area contributed by atoms with Crippen molar-refractivity contribution in [3.63, 3.8) is 0 Å². The van der Waals surface area contributed by atoms with E-state index in [0.29, 0.717) is 31.2 Å². The molecule has 2 fully saturated rings. The Morgan fingerprint density at radius 3 is 2.42 bits per heavy atom. The summed E-state index contributed by atoms with van der Waals surface area (Å²) in [6.07, 6.45) is 2.68. The van der Waals surface area contributed by atoms with Crippen LogP contribution in [0.1, 0.15) is 5.56 Å². The molecule has 0 unspecified atom stereocenters. The molecule has 3 aliphatic heterocycles. The summed E-state index contributed by atoms with van der Waals surface area (Å²) in [4.78, 5) is 28.6. The van der Waals surface area contributed by atoms with E-state index in [4.69, 9.17) is 16.3 Å². The number of carboxylic acids is 1. The zero-order valence-electron chi connectivity index (χ0n) is 14.5. The molecule has 4 atom stereocenters. The number of hydrogen-bond acceptors (Lipinski definition) is 4. The van der Waals surface area contributed by atoms with E-state index in [0.717, 1.165) is 11.3 Å². The molecular formula is C19H21ClN2O4. The topological polar surface area (TPSA) is 70.1 Å². The Morgan fingerprint density at radius 2 is 1.77 bits per heavy atom. The van der Waals surface area contributed by atoms with Crippen molar-refractivity contribution < 1.29 is 19.4 Å². The SMILES string of the molecule is Cc1ccc(Cl)cc1N1CCN(C(=O)[C@@H]2[C@@H](C(=O)O)[C@H]3C=C[C@@H]2O3)CC1. The first-order valence-corrected chi connectivity index (χ1v) is 9.20. The minimum atomic E-state index is -0.964. The number of hydrogen-bond donors (Lipinski definition) is 1. The van der Waals surface area contributed by atoms with Crippen LogP contribution in [0.3, 0.4) is 0 Å². The minimum absolute atomic E-state index is 0.114. The first kappa shape index (κ1) is 17.4. The molecule has 6 nitrogen and oxygen atoms in total. The normalized spacial score (nSPS) is 30.1. The molecule has 26 heavy (non-hydrogen) atoms. The molecular weight excluding hydrogens is 356 g/mol. The minimum Gasteiger partial charge on any atom is -0.481 e. The third-order valence-corrected chi connectivity index (χ3v) is 5.81. The third-order valence-electron chi connectivity index (χ3n) is 5.57. The van der Waals surface area contributed by atoms with Gasteiger partial charge in [0.25, 0.3) is 0 Å². The first-order chi connectivity index (χ1) is 12.5. The van der Waals surface area contributed by atoms with Gasteiger partial charge >= 0.3 is 5.97 Å². The standard InChI is InChI=1S/C19H21ClN2O4/c1-11-2-3-12(20)10-13(11)21-6-8-22(9-7-21)18(23)16-14-4-5-15(26-14)17(16)19(24)25/h2-5,10,14-17H,6-9H2,1H3,(H,24,25)/t14-,15+,16-,17-/m0/s1. The van der Waals surface area contributed by atoms with Crippen LogP contribution in [0.2, 0.25) is 5.02 Å². The number of anilines is 1. The quantitative estimate of drug-likeness (QED) is 0.816. The van der Waals surface area contributed by atoms with E-state index >= 15 is 0 Å². The average Bonchev–Trinajstić information content (AvgIpc) is 3.24. The first-order valence-electron chi connectivity index (χ1n) is 8.82. The molecule has 4 rings (SSSR count). The van der Waals surface area contributed by atoms with Gasteiger partial charge in [-0.05, 0) is 24.6 Å². The highest BCUT2D eigenvalue weighted by molar-refractivity contribution is 6.30. The van der Waals surface area contributed by atoms with E-state index in [1.54, 1.807) is 11.0 Å². The van der Waals surface area contributed by atoms with Crippen LogP contribution in [0.4, 0.5) is 5.69 Å². The molecule has 138 valence electrons. The summed E-state index contributed by atoms with van der Waals surface area (Å²) >= 11 is 6.12. The summed E-state index contributed by atoms with van der Waals surface area (Å²) < 4.78 is 5.63. The van der Waals surface area contributed by atoms with Gasteiger partial charge in [0.2, 0.25) is 5.91 Å². The number of rotatable bonds is 3. The smallest absolute Gasteiger partial charge is 0.310 e. The molecule has 2 bridgehead atoms. The fourth-order valence-corrected chi connectivity index (χ4v) is 4.36. The van der Waals surface area contributed by atoms with Crippen LogP contribution in [-0.4, -0.2) is 60.3 Å². The number of ether oxygens (including phenoxy) is 1. The molecule has 0 aliphatic carbocycles. The van der Waals surface area contributed by atoms with Crippen LogP contribution in [-0.2, 0) is 14.3 Å². The van der Waals surface area contributed by atoms with Crippen molar-refractivity contribution in [3.8, 4) is 0 Å². The van der Waals surface area contributed by atoms with Gasteiger partial charge in [0.15, 0.2) is 0 Å². The van der Waals surface area contributed by atoms with Crippen molar-refractivity contribution in [2.24, 2.45) is 11.8 Å². The maximum absolute atomic E-state index is 13.0. The zero-order valence-corrected chi connectivity index (χ0v) is 15.2. The van der Waals surface area contributed by atoms with Crippen molar-refractivity contribution in [2.45, 2.75) is 19.1 Å². The monoisotopic (exact) mass is 376 g/mol. The predicted octanol–water partition coefficient (Wildman–Crippen LogP) is 1.95. The van der Waals surface area contributed by atoms with Crippen molar-refractivity contribution in [2.75, 3.05) is 31.1 Å². The molecule has 7 heteroatoms. The lowest BCUT2D eigenvalue weighted by Crippen LogP contribution is -2.53. The number of piperazine rings is 1. The van der Waals surface area contributed by atoms with Crippen molar-refractivity contribution in [1.82, 2.24) is 4.90 Å². The molecule has 1 N–H and O–H groups in total. The lowest BCUT2D eigenvalue weighted by atomic mass is 9.82. The van der Waals surface area contributed by atoms with Gasteiger partial charge in [0.1, 0.15) is 5.92 Å². The largest absolute Gasteiger partial charge is 0.481 e. The fourth-order valence-electron chi connectivity index (χ4n) is 4.20. The maximum Gasteiger partial charge on any atom is 0.310 e. The number of nitrogens with zero attached hydrogens (tertiary/aromatic N) is 2. The van der Waals surface area contributed by atoms with Gasteiger partial charge in [-0.15, -0.1) is 0 Å². The van der Waals surface area contributed by atoms with E-state index in [-0.39, 0.29) is 5.91 Å². The summed E-state index contributed by atoms with van der Waals surface area (Å²) in [7, 11) is 0. The average molecular weight is 377 g/mol. The number of aliphatic carboxylic acids is 1. The second kappa shape index (κ2) is 6.59. The van der Waals surface area contributed by atoms with Crippen molar-refractivity contribution in [3.05, 3.63) is 40.9 Å². The third kappa shape index (κ3) is 2.87. The highest BCUT2D eigenvalue weighted by Crippen LogP contribution is 2.40. The summed E-state index contributed by atoms with van der Waals surface area (Å²) in [5.74, 6) is -2.49. The molecule has 0 aromatic heterocycles. The molecule has 1 amide bonds. The number of benzene rings is 1. The molecule has 1 aromatic carbocycles. The number of carbonyl (C=O) groups is 2. The van der Waals surface area contributed by atoms with Crippen molar-refractivity contribution in [1.29, 1.82) is 0 Å². The number of amides is 1. The van der Waals surface area contributed by atoms with Gasteiger partial charge in [-0.3, -0.25) is 9.59 Å². The Labute approximate surface area is 157 Å². The summed E-state index contributed by atoms with van der Waals surface area (Å²) in [5, 5.41) is 10.2. The summed E-state index contributed by atoms with van der Waals surface area (Å²) in [6.45, 7) is 4.56. The van der Waals surface area contributed by atoms with E-state index in [2.05, 4.69) is 4.90 Å². The van der Waals surface area contributed by atoms with E-state index in [1.807, 2.05) is 31.2 Å². The second-order valence-corrected chi connectivity index (χ2v) is 7.52.